The van der Waals surface area contributed by atoms with E-state index < -0.39 is 47.2 Å². The molecule has 1 aliphatic carbocycles. The van der Waals surface area contributed by atoms with E-state index in [9.17, 15) is 35.0 Å². The molecule has 0 aromatic heterocycles. The summed E-state index contributed by atoms with van der Waals surface area (Å²) in [6.45, 7) is 1.35. The molecule has 3 aromatic carbocycles. The maximum atomic E-state index is 13.7. The van der Waals surface area contributed by atoms with E-state index in [1.807, 2.05) is 36.4 Å². The number of carbonyl (C=O) groups is 2. The van der Waals surface area contributed by atoms with Crippen LogP contribution in [0.1, 0.15) is 37.3 Å². The summed E-state index contributed by atoms with van der Waals surface area (Å²) in [5.41, 5.74) is 3.67. The smallest absolute Gasteiger partial charge is 0.271 e. The molecule has 5 rings (SSSR count). The van der Waals surface area contributed by atoms with Gasteiger partial charge < -0.3 is 15.3 Å². The number of benzene rings is 3. The Morgan fingerprint density at radius 1 is 1.09 bits per heavy atom. The van der Waals surface area contributed by atoms with Gasteiger partial charge in [0.15, 0.2) is 0 Å². The highest BCUT2D eigenvalue weighted by Crippen LogP contribution is 2.47. The van der Waals surface area contributed by atoms with Gasteiger partial charge in [-0.05, 0) is 78.8 Å². The van der Waals surface area contributed by atoms with E-state index in [0.717, 1.165) is 21.6 Å². The van der Waals surface area contributed by atoms with Crippen LogP contribution >= 0.6 is 11.6 Å². The van der Waals surface area contributed by atoms with Crippen LogP contribution in [-0.2, 0) is 9.59 Å². The van der Waals surface area contributed by atoms with Crippen molar-refractivity contribution in [2.24, 2.45) is 17.8 Å². The van der Waals surface area contributed by atoms with E-state index in [1.165, 1.54) is 30.3 Å². The minimum absolute atomic E-state index is 0.0517. The molecule has 0 spiro atoms. The van der Waals surface area contributed by atoms with Gasteiger partial charge in [0, 0.05) is 18.1 Å². The minimum atomic E-state index is -1.00. The number of allylic oxidation sites excluding steroid dienone is 2. The van der Waals surface area contributed by atoms with Crippen LogP contribution in [0.4, 0.5) is 11.4 Å². The summed E-state index contributed by atoms with van der Waals surface area (Å²) in [4.78, 5) is 38.8. The zero-order valence-electron chi connectivity index (χ0n) is 23.4. The molecule has 0 radical (unpaired) electrons. The molecule has 3 N–H and O–H groups in total. The molecular weight excluding hydrogens is 572 g/mol. The highest BCUT2D eigenvalue weighted by molar-refractivity contribution is 6.32. The van der Waals surface area contributed by atoms with Gasteiger partial charge in [-0.3, -0.25) is 19.7 Å². The van der Waals surface area contributed by atoms with E-state index >= 15 is 0 Å². The number of non-ortho nitro benzene ring substituents is 1. The predicted molar refractivity (Wildman–Crippen MR) is 163 cm³/mol. The molecule has 10 heteroatoms. The second-order valence-corrected chi connectivity index (χ2v) is 11.4. The molecule has 2 aliphatic rings. The minimum Gasteiger partial charge on any atom is -0.508 e. The summed E-state index contributed by atoms with van der Waals surface area (Å²) >= 11 is 6.37. The average molecular weight is 603 g/mol. The van der Waals surface area contributed by atoms with Crippen molar-refractivity contribution in [1.29, 1.82) is 0 Å². The average Bonchev–Trinajstić information content (AvgIpc) is 3.24. The molecule has 0 unspecified atom stereocenters. The van der Waals surface area contributed by atoms with Crippen LogP contribution in [0, 0.1) is 27.9 Å². The normalized spacial score (nSPS) is 21.3. The topological polar surface area (TPSA) is 141 Å². The van der Waals surface area contributed by atoms with Crippen LogP contribution in [0.3, 0.4) is 0 Å². The lowest BCUT2D eigenvalue weighted by Gasteiger charge is -2.35. The number of phenolic OH excluding ortho intramolecular Hbond substituents is 1. The number of nitro groups is 1. The fourth-order valence-corrected chi connectivity index (χ4v) is 6.57. The number of nitrogens with zero attached hydrogens (tertiary/aromatic N) is 2. The van der Waals surface area contributed by atoms with Crippen molar-refractivity contribution in [2.75, 3.05) is 11.5 Å². The van der Waals surface area contributed by atoms with Crippen molar-refractivity contribution in [2.45, 2.75) is 32.3 Å². The van der Waals surface area contributed by atoms with Crippen molar-refractivity contribution < 1.29 is 29.8 Å². The number of rotatable bonds is 9. The number of halogens is 1. The first kappa shape index (κ1) is 30.2. The number of hydrogen-bond donors (Lipinski definition) is 3. The molecule has 1 saturated heterocycles. The van der Waals surface area contributed by atoms with Crippen molar-refractivity contribution in [1.82, 2.24) is 0 Å². The van der Waals surface area contributed by atoms with Gasteiger partial charge in [0.1, 0.15) is 5.75 Å². The Morgan fingerprint density at radius 3 is 2.51 bits per heavy atom. The molecule has 1 fully saturated rings. The third kappa shape index (κ3) is 5.97. The van der Waals surface area contributed by atoms with Crippen molar-refractivity contribution >= 4 is 46.4 Å². The van der Waals surface area contributed by atoms with Gasteiger partial charge in [0.25, 0.3) is 5.69 Å². The molecule has 4 atom stereocenters. The molecule has 1 heterocycles. The zero-order chi connectivity index (χ0) is 30.8. The summed E-state index contributed by atoms with van der Waals surface area (Å²) in [6, 6.07) is 19.7. The van der Waals surface area contributed by atoms with Gasteiger partial charge in [-0.15, -0.1) is 0 Å². The van der Waals surface area contributed by atoms with E-state index in [-0.39, 0.29) is 30.0 Å². The van der Waals surface area contributed by atoms with Crippen LogP contribution in [0.2, 0.25) is 5.02 Å². The van der Waals surface area contributed by atoms with Crippen LogP contribution < -0.4 is 4.90 Å². The Kier molecular flexibility index (Phi) is 8.77. The van der Waals surface area contributed by atoms with Gasteiger partial charge in [0.2, 0.25) is 11.8 Å². The lowest BCUT2D eigenvalue weighted by molar-refractivity contribution is -0.384. The van der Waals surface area contributed by atoms with Gasteiger partial charge in [-0.2, -0.15) is 0 Å². The number of fused-ring (bicyclic) bond motifs is 1. The summed E-state index contributed by atoms with van der Waals surface area (Å²) in [7, 11) is 0. The fraction of sp³-hybridized carbons (Fsp3) is 0.273. The van der Waals surface area contributed by atoms with E-state index in [1.54, 1.807) is 19.1 Å². The number of carbonyl (C=O) groups excluding carboxylic acids is 2. The first-order valence-electron chi connectivity index (χ1n) is 14.0. The van der Waals surface area contributed by atoms with Crippen molar-refractivity contribution in [3.8, 4) is 5.75 Å². The van der Waals surface area contributed by atoms with Crippen LogP contribution in [0.25, 0.3) is 11.6 Å². The molecule has 2 amide bonds. The number of nitro benzene ring substituents is 1. The Bertz CT molecular complexity index is 1640. The Balaban J connectivity index is 1.41. The molecule has 3 aromatic rings. The number of amides is 2. The van der Waals surface area contributed by atoms with Gasteiger partial charge in [-0.25, -0.2) is 4.90 Å². The van der Waals surface area contributed by atoms with Crippen LogP contribution in [-0.4, -0.2) is 44.8 Å². The quantitative estimate of drug-likeness (QED) is 0.0928. The number of imide groups is 1. The summed E-state index contributed by atoms with van der Waals surface area (Å²) < 4.78 is 0. The lowest BCUT2D eigenvalue weighted by Crippen LogP contribution is -2.38. The van der Waals surface area contributed by atoms with Crippen molar-refractivity contribution in [3.05, 3.63) is 110 Å². The van der Waals surface area contributed by atoms with Crippen molar-refractivity contribution in [3.63, 3.8) is 0 Å². The molecule has 43 heavy (non-hydrogen) atoms. The van der Waals surface area contributed by atoms with E-state index in [0.29, 0.717) is 22.6 Å². The first-order chi connectivity index (χ1) is 20.6. The zero-order valence-corrected chi connectivity index (χ0v) is 24.1. The monoisotopic (exact) mass is 602 g/mol. The largest absolute Gasteiger partial charge is 0.508 e. The molecular formula is C33H31ClN2O7. The number of aliphatic hydroxyl groups is 2. The Morgan fingerprint density at radius 2 is 1.84 bits per heavy atom. The number of aliphatic hydroxyl groups excluding tert-OH is 2. The van der Waals surface area contributed by atoms with Gasteiger partial charge in [0.05, 0.1) is 40.2 Å². The maximum absolute atomic E-state index is 13.7. The summed E-state index contributed by atoms with van der Waals surface area (Å²) in [5, 5.41) is 43.4. The summed E-state index contributed by atoms with van der Waals surface area (Å²) in [6.07, 6.45) is 1.83. The molecule has 9 nitrogen and oxygen atoms in total. The highest BCUT2D eigenvalue weighted by atomic mass is 35.5. The number of hydrogen-bond acceptors (Lipinski definition) is 7. The molecule has 222 valence electrons. The van der Waals surface area contributed by atoms with Crippen LogP contribution in [0.5, 0.6) is 5.75 Å². The number of phenols is 1. The molecule has 0 saturated carbocycles. The number of anilines is 1. The predicted octanol–water partition coefficient (Wildman–Crippen LogP) is 5.77. The second-order valence-electron chi connectivity index (χ2n) is 10.9. The fourth-order valence-electron chi connectivity index (χ4n) is 6.34. The van der Waals surface area contributed by atoms with E-state index in [2.05, 4.69) is 0 Å². The Hall–Kier alpha value is -4.31. The molecule has 0 bridgehead atoms. The van der Waals surface area contributed by atoms with E-state index in [4.69, 9.17) is 11.6 Å². The highest BCUT2D eigenvalue weighted by Gasteiger charge is 2.55. The summed E-state index contributed by atoms with van der Waals surface area (Å²) in [5.74, 6) is -3.39. The number of aromatic hydroxyl groups is 1. The Labute approximate surface area is 253 Å². The van der Waals surface area contributed by atoms with Crippen LogP contribution in [0.15, 0.2) is 83.9 Å². The SMILES string of the molecule is CC1=C([C@H](O)CC/C(=C/c2ccc(O)cc2Cl)c2ccccc2)[C@H](CO)[C@@H]2C(=O)N(c3cccc([N+](=O)[O-])c3)C(=O)[C@@H]2C1. The maximum Gasteiger partial charge on any atom is 0.271 e. The lowest BCUT2D eigenvalue weighted by atomic mass is 9.68. The third-order valence-electron chi connectivity index (χ3n) is 8.33. The van der Waals surface area contributed by atoms with Gasteiger partial charge >= 0.3 is 0 Å². The van der Waals surface area contributed by atoms with Gasteiger partial charge in [-0.1, -0.05) is 53.6 Å². The first-order valence-corrected chi connectivity index (χ1v) is 14.3. The standard InChI is InChI=1S/C33H31ClN2O7/c1-19-14-26-31(33(41)35(32(26)40)23-8-5-9-24(16-23)36(42)43)27(18-37)30(19)29(39)13-11-21(20-6-3-2-4-7-20)15-22-10-12-25(38)17-28(22)34/h2-10,12,15-17,26-27,29,31,37-39H,11,13-14,18H2,1H3/b21-15-/t26-,27+,29-,31-/m1/s1. The second kappa shape index (κ2) is 12.5. The molecule has 1 aliphatic heterocycles. The third-order valence-corrected chi connectivity index (χ3v) is 8.66.